The maximum atomic E-state index is 15.7. The Kier molecular flexibility index (Phi) is 3.94. The van der Waals surface area contributed by atoms with E-state index < -0.39 is 34.1 Å². The van der Waals surface area contributed by atoms with E-state index in [-0.39, 0.29) is 28.2 Å². The molecule has 0 bridgehead atoms. The van der Waals surface area contributed by atoms with E-state index in [1.165, 1.54) is 6.20 Å². The van der Waals surface area contributed by atoms with Gasteiger partial charge in [0.25, 0.3) is 0 Å². The molecule has 3 heterocycles. The van der Waals surface area contributed by atoms with Crippen molar-refractivity contribution in [2.45, 2.75) is 30.8 Å². The van der Waals surface area contributed by atoms with E-state index in [9.17, 15) is 14.7 Å². The maximum absolute atomic E-state index is 15.7. The number of benzene rings is 1. The molecule has 1 aliphatic carbocycles. The number of aromatic nitrogens is 4. The van der Waals surface area contributed by atoms with Crippen LogP contribution in [0, 0.1) is 11.6 Å². The first-order chi connectivity index (χ1) is 14.3. The number of fused-ring (bicyclic) bond motifs is 1. The van der Waals surface area contributed by atoms with Crippen LogP contribution in [0.5, 0.6) is 0 Å². The quantitative estimate of drug-likeness (QED) is 0.587. The standard InChI is InChI=1S/C19H18F2N6O3/c20-13-12(19(22)2-3-19)11-15(23-7-10(17(11)28)18(29)30)14(21)16(13)26-5-1-9(8-26)27-6-4-24-25-27/h4,6-7,9H,1-3,5,8,22H2,(H,23,28)(H,29,30). The summed E-state index contributed by atoms with van der Waals surface area (Å²) in [6.07, 6.45) is 5.60. The topological polar surface area (TPSA) is 130 Å². The normalized spacial score (nSPS) is 20.1. The second-order valence-electron chi connectivity index (χ2n) is 7.87. The zero-order chi connectivity index (χ0) is 21.2. The van der Waals surface area contributed by atoms with Gasteiger partial charge in [-0.2, -0.15) is 0 Å². The lowest BCUT2D eigenvalue weighted by atomic mass is 9.95. The van der Waals surface area contributed by atoms with Crippen LogP contribution in [0.2, 0.25) is 0 Å². The summed E-state index contributed by atoms with van der Waals surface area (Å²) >= 11 is 0. The van der Waals surface area contributed by atoms with Gasteiger partial charge in [0.15, 0.2) is 11.6 Å². The molecule has 2 fully saturated rings. The van der Waals surface area contributed by atoms with Crippen molar-refractivity contribution < 1.29 is 18.7 Å². The van der Waals surface area contributed by atoms with Crippen LogP contribution in [-0.4, -0.2) is 44.1 Å². The van der Waals surface area contributed by atoms with Crippen LogP contribution in [-0.2, 0) is 5.54 Å². The lowest BCUT2D eigenvalue weighted by Gasteiger charge is -2.24. The van der Waals surface area contributed by atoms with Gasteiger partial charge in [0.1, 0.15) is 11.3 Å². The lowest BCUT2D eigenvalue weighted by molar-refractivity contribution is 0.0695. The van der Waals surface area contributed by atoms with E-state index in [2.05, 4.69) is 15.3 Å². The second kappa shape index (κ2) is 6.33. The van der Waals surface area contributed by atoms with Crippen molar-refractivity contribution in [3.63, 3.8) is 0 Å². The molecule has 5 rings (SSSR count). The van der Waals surface area contributed by atoms with Crippen LogP contribution in [0.25, 0.3) is 10.9 Å². The number of halogens is 2. The van der Waals surface area contributed by atoms with Crippen LogP contribution >= 0.6 is 0 Å². The average molecular weight is 416 g/mol. The van der Waals surface area contributed by atoms with Crippen LogP contribution in [0.3, 0.4) is 0 Å². The Hall–Kier alpha value is -3.34. The minimum atomic E-state index is -1.48. The number of hydrogen-bond acceptors (Lipinski definition) is 6. The Morgan fingerprint density at radius 3 is 2.73 bits per heavy atom. The Morgan fingerprint density at radius 1 is 1.33 bits per heavy atom. The van der Waals surface area contributed by atoms with E-state index in [1.54, 1.807) is 15.8 Å². The molecule has 156 valence electrons. The highest BCUT2D eigenvalue weighted by atomic mass is 19.1. The van der Waals surface area contributed by atoms with Crippen LogP contribution in [0.4, 0.5) is 14.5 Å². The number of nitrogens with zero attached hydrogens (tertiary/aromatic N) is 4. The summed E-state index contributed by atoms with van der Waals surface area (Å²) in [5, 5.41) is 16.7. The van der Waals surface area contributed by atoms with Gasteiger partial charge in [-0.3, -0.25) is 4.79 Å². The van der Waals surface area contributed by atoms with Gasteiger partial charge >= 0.3 is 5.97 Å². The maximum Gasteiger partial charge on any atom is 0.341 e. The Balaban J connectivity index is 1.72. The summed E-state index contributed by atoms with van der Waals surface area (Å²) in [5.74, 6) is -3.33. The number of anilines is 1. The summed E-state index contributed by atoms with van der Waals surface area (Å²) in [6.45, 7) is 0.676. The van der Waals surface area contributed by atoms with Gasteiger partial charge in [0, 0.05) is 36.6 Å². The van der Waals surface area contributed by atoms with Crippen LogP contribution in [0.1, 0.15) is 41.2 Å². The molecule has 2 aromatic heterocycles. The molecule has 9 nitrogen and oxygen atoms in total. The molecule has 1 saturated carbocycles. The van der Waals surface area contributed by atoms with Gasteiger partial charge in [-0.25, -0.2) is 18.3 Å². The molecule has 2 aliphatic rings. The van der Waals surface area contributed by atoms with Gasteiger partial charge in [-0.15, -0.1) is 5.10 Å². The molecule has 11 heteroatoms. The Labute approximate surface area is 168 Å². The summed E-state index contributed by atoms with van der Waals surface area (Å²) in [6, 6.07) is -0.105. The first kappa shape index (κ1) is 18.7. The van der Waals surface area contributed by atoms with Crippen LogP contribution < -0.4 is 16.1 Å². The van der Waals surface area contributed by atoms with Crippen LogP contribution in [0.15, 0.2) is 23.4 Å². The smallest absolute Gasteiger partial charge is 0.341 e. The fourth-order valence-corrected chi connectivity index (χ4v) is 4.25. The molecule has 1 saturated heterocycles. The highest BCUT2D eigenvalue weighted by Crippen LogP contribution is 2.49. The molecule has 1 aliphatic heterocycles. The van der Waals surface area contributed by atoms with Crippen molar-refractivity contribution >= 4 is 22.6 Å². The largest absolute Gasteiger partial charge is 0.477 e. The number of carboxylic acids is 1. The SMILES string of the molecule is NC1(c2c(F)c(N3CCC(n4ccnn4)C3)c(F)c3[nH]cc(C(=O)O)c(=O)c23)CC1. The second-order valence-corrected chi connectivity index (χ2v) is 7.87. The number of carbonyl (C=O) groups is 1. The zero-order valence-electron chi connectivity index (χ0n) is 15.7. The van der Waals surface area contributed by atoms with Gasteiger partial charge in [0.2, 0.25) is 5.43 Å². The monoisotopic (exact) mass is 416 g/mol. The summed E-state index contributed by atoms with van der Waals surface area (Å²) in [7, 11) is 0. The molecule has 0 radical (unpaired) electrons. The number of nitrogens with two attached hydrogens (primary N) is 1. The van der Waals surface area contributed by atoms with Crippen molar-refractivity contribution in [3.05, 3.63) is 51.6 Å². The highest BCUT2D eigenvalue weighted by molar-refractivity contribution is 5.95. The molecule has 30 heavy (non-hydrogen) atoms. The average Bonchev–Trinajstić information content (AvgIpc) is 3.12. The van der Waals surface area contributed by atoms with Crippen molar-refractivity contribution in [2.75, 3.05) is 18.0 Å². The van der Waals surface area contributed by atoms with Gasteiger partial charge in [0.05, 0.1) is 23.1 Å². The molecule has 1 atom stereocenters. The fourth-order valence-electron chi connectivity index (χ4n) is 4.25. The van der Waals surface area contributed by atoms with E-state index >= 15 is 8.78 Å². The number of aromatic carboxylic acids is 1. The van der Waals surface area contributed by atoms with Crippen molar-refractivity contribution in [1.29, 1.82) is 0 Å². The lowest BCUT2D eigenvalue weighted by Crippen LogP contribution is -2.30. The minimum absolute atomic E-state index is 0.105. The van der Waals surface area contributed by atoms with Crippen molar-refractivity contribution in [2.24, 2.45) is 5.73 Å². The third kappa shape index (κ3) is 2.61. The van der Waals surface area contributed by atoms with Gasteiger partial charge in [-0.05, 0) is 19.3 Å². The van der Waals surface area contributed by atoms with Crippen molar-refractivity contribution in [1.82, 2.24) is 20.0 Å². The molecule has 4 N–H and O–H groups in total. The van der Waals surface area contributed by atoms with E-state index in [0.717, 1.165) is 6.20 Å². The molecular weight excluding hydrogens is 398 g/mol. The molecular formula is C19H18F2N6O3. The van der Waals surface area contributed by atoms with E-state index in [4.69, 9.17) is 5.73 Å². The molecule has 3 aromatic rings. The molecule has 0 spiro atoms. The van der Waals surface area contributed by atoms with Gasteiger partial charge in [-0.1, -0.05) is 5.21 Å². The predicted octanol–water partition coefficient (Wildman–Crippen LogP) is 1.50. The third-order valence-electron chi connectivity index (χ3n) is 6.00. The number of H-pyrrole nitrogens is 1. The van der Waals surface area contributed by atoms with E-state index in [1.807, 2.05) is 0 Å². The Morgan fingerprint density at radius 2 is 2.10 bits per heavy atom. The summed E-state index contributed by atoms with van der Waals surface area (Å²) in [4.78, 5) is 28.3. The highest BCUT2D eigenvalue weighted by Gasteiger charge is 2.46. The zero-order valence-corrected chi connectivity index (χ0v) is 15.7. The first-order valence-corrected chi connectivity index (χ1v) is 9.51. The van der Waals surface area contributed by atoms with Gasteiger partial charge < -0.3 is 20.7 Å². The molecule has 0 amide bonds. The fraction of sp³-hybridized carbons (Fsp3) is 0.368. The number of aromatic amines is 1. The number of pyridine rings is 1. The number of carboxylic acid groups (broad SMARTS) is 1. The third-order valence-corrected chi connectivity index (χ3v) is 6.00. The number of rotatable bonds is 4. The Bertz CT molecular complexity index is 1240. The summed E-state index contributed by atoms with van der Waals surface area (Å²) < 4.78 is 32.9. The minimum Gasteiger partial charge on any atom is -0.477 e. The predicted molar refractivity (Wildman–Crippen MR) is 102 cm³/mol. The number of hydrogen-bond donors (Lipinski definition) is 3. The summed E-state index contributed by atoms with van der Waals surface area (Å²) in [5.41, 5.74) is 2.95. The van der Waals surface area contributed by atoms with Crippen molar-refractivity contribution in [3.8, 4) is 0 Å². The molecule has 1 aromatic carbocycles. The molecule has 1 unspecified atom stereocenters. The van der Waals surface area contributed by atoms with E-state index in [0.29, 0.717) is 32.4 Å². The first-order valence-electron chi connectivity index (χ1n) is 9.51. The number of nitrogens with one attached hydrogen (secondary N) is 1.